The molecule has 27 heavy (non-hydrogen) atoms. The summed E-state index contributed by atoms with van der Waals surface area (Å²) in [7, 11) is -3.97. The Morgan fingerprint density at radius 2 is 1.44 bits per heavy atom. The summed E-state index contributed by atoms with van der Waals surface area (Å²) in [6.45, 7) is 0. The molecule has 1 aromatic heterocycles. The van der Waals surface area contributed by atoms with Gasteiger partial charge < -0.3 is 0 Å². The lowest BCUT2D eigenvalue weighted by Crippen LogP contribution is -2.22. The summed E-state index contributed by atoms with van der Waals surface area (Å²) in [4.78, 5) is 29.0. The normalized spacial score (nSPS) is 13.1. The summed E-state index contributed by atoms with van der Waals surface area (Å²) < 4.78 is 27.6. The molecule has 1 N–H and O–H groups in total. The number of carbonyl (C=O) groups excluding carboxylic acids is 2. The molecule has 0 unspecified atom stereocenters. The SMILES string of the molecule is O=C1c2ccccc2C(=O)c2cc(S(=O)(=O)Nc3ccc(Cl)nc3)ccc21. The number of nitrogens with zero attached hydrogens (tertiary/aromatic N) is 1. The van der Waals surface area contributed by atoms with Crippen molar-refractivity contribution in [3.8, 4) is 0 Å². The van der Waals surface area contributed by atoms with Gasteiger partial charge in [0.2, 0.25) is 0 Å². The van der Waals surface area contributed by atoms with Gasteiger partial charge >= 0.3 is 0 Å². The first kappa shape index (κ1) is 17.4. The molecule has 1 heterocycles. The Kier molecular flexibility index (Phi) is 4.05. The molecule has 0 fully saturated rings. The third-order valence-electron chi connectivity index (χ3n) is 4.19. The second kappa shape index (κ2) is 6.29. The number of anilines is 1. The van der Waals surface area contributed by atoms with Crippen molar-refractivity contribution in [2.75, 3.05) is 4.72 Å². The van der Waals surface area contributed by atoms with Gasteiger partial charge in [0.1, 0.15) is 5.15 Å². The van der Waals surface area contributed by atoms with Crippen LogP contribution in [0.5, 0.6) is 0 Å². The number of rotatable bonds is 3. The molecular formula is C19H11ClN2O4S. The van der Waals surface area contributed by atoms with Crippen LogP contribution in [0.15, 0.2) is 65.7 Å². The van der Waals surface area contributed by atoms with E-state index in [1.54, 1.807) is 24.3 Å². The topological polar surface area (TPSA) is 93.2 Å². The zero-order valence-corrected chi connectivity index (χ0v) is 15.2. The average molecular weight is 399 g/mol. The van der Waals surface area contributed by atoms with Crippen LogP contribution in [-0.4, -0.2) is 25.0 Å². The fraction of sp³-hybridized carbons (Fsp3) is 0. The molecule has 0 saturated heterocycles. The number of fused-ring (bicyclic) bond motifs is 2. The lowest BCUT2D eigenvalue weighted by Gasteiger charge is -2.18. The number of carbonyl (C=O) groups is 2. The predicted molar refractivity (Wildman–Crippen MR) is 99.8 cm³/mol. The van der Waals surface area contributed by atoms with Crippen LogP contribution in [0.1, 0.15) is 31.8 Å². The summed E-state index contributed by atoms with van der Waals surface area (Å²) >= 11 is 5.69. The molecule has 4 rings (SSSR count). The first-order valence-corrected chi connectivity index (χ1v) is 9.70. The van der Waals surface area contributed by atoms with Gasteiger partial charge in [-0.2, -0.15) is 0 Å². The number of ketones is 2. The fourth-order valence-electron chi connectivity index (χ4n) is 2.90. The van der Waals surface area contributed by atoms with Crippen LogP contribution in [0.4, 0.5) is 5.69 Å². The number of sulfonamides is 1. The van der Waals surface area contributed by atoms with Gasteiger partial charge in [-0.05, 0) is 30.3 Å². The van der Waals surface area contributed by atoms with Crippen molar-refractivity contribution in [2.45, 2.75) is 4.90 Å². The Labute approximate surface area is 159 Å². The Morgan fingerprint density at radius 1 is 0.815 bits per heavy atom. The smallest absolute Gasteiger partial charge is 0.261 e. The van der Waals surface area contributed by atoms with Crippen LogP contribution in [0, 0.1) is 0 Å². The van der Waals surface area contributed by atoms with Gasteiger partial charge in [0.15, 0.2) is 11.6 Å². The average Bonchev–Trinajstić information content (AvgIpc) is 2.67. The van der Waals surface area contributed by atoms with Crippen LogP contribution in [0.25, 0.3) is 0 Å². The van der Waals surface area contributed by atoms with Gasteiger partial charge in [-0.25, -0.2) is 13.4 Å². The molecule has 6 nitrogen and oxygen atoms in total. The largest absolute Gasteiger partial charge is 0.289 e. The zero-order valence-electron chi connectivity index (χ0n) is 13.6. The van der Waals surface area contributed by atoms with Gasteiger partial charge in [0.05, 0.1) is 16.8 Å². The Balaban J connectivity index is 1.75. The van der Waals surface area contributed by atoms with E-state index < -0.39 is 10.0 Å². The van der Waals surface area contributed by atoms with Gasteiger partial charge in [-0.1, -0.05) is 35.9 Å². The number of hydrogen-bond acceptors (Lipinski definition) is 5. The molecule has 3 aromatic rings. The van der Waals surface area contributed by atoms with Crippen molar-refractivity contribution in [2.24, 2.45) is 0 Å². The zero-order chi connectivity index (χ0) is 19.2. The highest BCUT2D eigenvalue weighted by Gasteiger charge is 2.30. The van der Waals surface area contributed by atoms with Crippen LogP contribution >= 0.6 is 11.6 Å². The van der Waals surface area contributed by atoms with Gasteiger partial charge in [-0.3, -0.25) is 14.3 Å². The number of pyridine rings is 1. The predicted octanol–water partition coefficient (Wildman–Crippen LogP) is 3.31. The van der Waals surface area contributed by atoms with Crippen LogP contribution in [-0.2, 0) is 10.0 Å². The molecule has 2 aromatic carbocycles. The summed E-state index contributed by atoms with van der Waals surface area (Å²) in [6, 6.07) is 13.3. The van der Waals surface area contributed by atoms with Crippen molar-refractivity contribution >= 4 is 38.9 Å². The van der Waals surface area contributed by atoms with Crippen LogP contribution < -0.4 is 4.72 Å². The van der Waals surface area contributed by atoms with E-state index in [0.717, 1.165) is 0 Å². The molecule has 0 atom stereocenters. The molecule has 134 valence electrons. The molecule has 0 aliphatic heterocycles. The number of benzene rings is 2. The molecule has 0 spiro atoms. The maximum absolute atomic E-state index is 12.7. The summed E-state index contributed by atoms with van der Waals surface area (Å²) in [5, 5.41) is 0.231. The second-order valence-corrected chi connectivity index (χ2v) is 7.96. The highest BCUT2D eigenvalue weighted by Crippen LogP contribution is 2.29. The highest BCUT2D eigenvalue weighted by atomic mass is 35.5. The number of nitrogens with one attached hydrogen (secondary N) is 1. The van der Waals surface area contributed by atoms with Crippen molar-refractivity contribution < 1.29 is 18.0 Å². The van der Waals surface area contributed by atoms with Crippen LogP contribution in [0.3, 0.4) is 0 Å². The molecule has 0 amide bonds. The first-order chi connectivity index (χ1) is 12.9. The molecule has 0 bridgehead atoms. The third kappa shape index (κ3) is 3.01. The lowest BCUT2D eigenvalue weighted by molar-refractivity contribution is 0.0979. The van der Waals surface area contributed by atoms with E-state index >= 15 is 0 Å². The number of aromatic nitrogens is 1. The number of halogens is 1. The summed E-state index contributed by atoms with van der Waals surface area (Å²) in [6.07, 6.45) is 1.28. The second-order valence-electron chi connectivity index (χ2n) is 5.89. The summed E-state index contributed by atoms with van der Waals surface area (Å²) in [5.41, 5.74) is 1.06. The minimum atomic E-state index is -3.97. The lowest BCUT2D eigenvalue weighted by atomic mass is 9.84. The van der Waals surface area contributed by atoms with Gasteiger partial charge in [-0.15, -0.1) is 0 Å². The Bertz CT molecular complexity index is 1200. The van der Waals surface area contributed by atoms with E-state index in [0.29, 0.717) is 5.56 Å². The maximum Gasteiger partial charge on any atom is 0.261 e. The van der Waals surface area contributed by atoms with Crippen molar-refractivity contribution in [1.82, 2.24) is 4.98 Å². The Hall–Kier alpha value is -3.03. The first-order valence-electron chi connectivity index (χ1n) is 7.84. The van der Waals surface area contributed by atoms with E-state index in [1.165, 1.54) is 36.5 Å². The van der Waals surface area contributed by atoms with E-state index in [4.69, 9.17) is 11.6 Å². The van der Waals surface area contributed by atoms with E-state index in [1.807, 2.05) is 0 Å². The molecule has 8 heteroatoms. The fourth-order valence-corrected chi connectivity index (χ4v) is 4.08. The molecule has 1 aliphatic rings. The maximum atomic E-state index is 12.7. The van der Waals surface area contributed by atoms with Crippen molar-refractivity contribution in [3.05, 3.63) is 88.2 Å². The van der Waals surface area contributed by atoms with Gasteiger partial charge in [0, 0.05) is 22.3 Å². The number of hydrogen-bond donors (Lipinski definition) is 1. The standard InChI is InChI=1S/C19H11ClN2O4S/c20-17-8-5-11(10-21-17)22-27(25,26)12-6-7-15-16(9-12)19(24)14-4-2-1-3-13(14)18(15)23/h1-10,22H. The molecule has 1 aliphatic carbocycles. The Morgan fingerprint density at radius 3 is 2.07 bits per heavy atom. The molecule has 0 saturated carbocycles. The highest BCUT2D eigenvalue weighted by molar-refractivity contribution is 7.92. The summed E-state index contributed by atoms with van der Waals surface area (Å²) in [5.74, 6) is -0.690. The monoisotopic (exact) mass is 398 g/mol. The van der Waals surface area contributed by atoms with Crippen molar-refractivity contribution in [3.63, 3.8) is 0 Å². The van der Waals surface area contributed by atoms with E-state index in [2.05, 4.69) is 9.71 Å². The van der Waals surface area contributed by atoms with E-state index in [-0.39, 0.29) is 44.0 Å². The third-order valence-corrected chi connectivity index (χ3v) is 5.79. The minimum absolute atomic E-state index is 0.0656. The van der Waals surface area contributed by atoms with Crippen molar-refractivity contribution in [1.29, 1.82) is 0 Å². The quantitative estimate of drug-likeness (QED) is 0.534. The van der Waals surface area contributed by atoms with Gasteiger partial charge in [0.25, 0.3) is 10.0 Å². The molecule has 0 radical (unpaired) electrons. The molecular weight excluding hydrogens is 388 g/mol. The minimum Gasteiger partial charge on any atom is -0.289 e. The van der Waals surface area contributed by atoms with Crippen LogP contribution in [0.2, 0.25) is 5.15 Å². The van der Waals surface area contributed by atoms with E-state index in [9.17, 15) is 18.0 Å².